The maximum atomic E-state index is 13.4. The van der Waals surface area contributed by atoms with Gasteiger partial charge >= 0.3 is 6.09 Å². The third-order valence-electron chi connectivity index (χ3n) is 4.41. The monoisotopic (exact) mass is 377 g/mol. The lowest BCUT2D eigenvalue weighted by Crippen LogP contribution is -2.31. The number of nitrogens with one attached hydrogen (secondary N) is 3. The molecule has 0 radical (unpaired) electrons. The highest BCUT2D eigenvalue weighted by Gasteiger charge is 2.34. The molecule has 0 fully saturated rings. The Bertz CT molecular complexity index is 1020. The molecule has 1 aromatic heterocycles. The van der Waals surface area contributed by atoms with Crippen LogP contribution in [-0.2, 0) is 0 Å². The third-order valence-corrected chi connectivity index (χ3v) is 6.01. The van der Waals surface area contributed by atoms with Crippen molar-refractivity contribution in [3.8, 4) is 11.1 Å². The molecule has 9 heteroatoms. The van der Waals surface area contributed by atoms with Crippen molar-refractivity contribution in [2.75, 3.05) is 6.54 Å². The first-order chi connectivity index (χ1) is 12.3. The van der Waals surface area contributed by atoms with Crippen molar-refractivity contribution in [1.29, 1.82) is 0 Å². The second kappa shape index (κ2) is 5.99. The van der Waals surface area contributed by atoms with Crippen LogP contribution in [-0.4, -0.2) is 31.8 Å². The number of rotatable bonds is 3. The molecule has 6 N–H and O–H groups in total. The number of hydrogen-bond donors (Lipinski definition) is 6. The Balaban J connectivity index is 1.78. The summed E-state index contributed by atoms with van der Waals surface area (Å²) in [5.41, 5.74) is 2.93. The zero-order valence-electron chi connectivity index (χ0n) is 13.4. The van der Waals surface area contributed by atoms with Crippen LogP contribution in [0.4, 0.5) is 9.18 Å². The van der Waals surface area contributed by atoms with Crippen molar-refractivity contribution >= 4 is 27.8 Å². The molecule has 1 amide bonds. The number of aromatic nitrogens is 1. The smallest absolute Gasteiger partial charge is 0.404 e. The van der Waals surface area contributed by atoms with Crippen molar-refractivity contribution in [2.24, 2.45) is 0 Å². The molecule has 4 rings (SSSR count). The fraction of sp³-hybridized carbons (Fsp3) is 0.118. The van der Waals surface area contributed by atoms with E-state index in [0.29, 0.717) is 16.0 Å². The zero-order valence-corrected chi connectivity index (χ0v) is 14.2. The van der Waals surface area contributed by atoms with Crippen LogP contribution in [0.2, 0.25) is 0 Å². The van der Waals surface area contributed by atoms with Gasteiger partial charge in [-0.05, 0) is 41.5 Å². The van der Waals surface area contributed by atoms with Crippen molar-refractivity contribution in [3.05, 3.63) is 54.0 Å². The van der Waals surface area contributed by atoms with Crippen LogP contribution in [0.1, 0.15) is 11.6 Å². The molecule has 2 heterocycles. The quantitative estimate of drug-likeness (QED) is 0.414. The Morgan fingerprint density at radius 2 is 2.04 bits per heavy atom. The highest BCUT2D eigenvalue weighted by molar-refractivity contribution is 8.22. The van der Waals surface area contributed by atoms with Gasteiger partial charge in [0.1, 0.15) is 5.82 Å². The summed E-state index contributed by atoms with van der Waals surface area (Å²) >= 11 is 0. The van der Waals surface area contributed by atoms with Crippen molar-refractivity contribution < 1.29 is 23.4 Å². The van der Waals surface area contributed by atoms with E-state index in [1.165, 1.54) is 12.1 Å². The third kappa shape index (κ3) is 2.80. The van der Waals surface area contributed by atoms with Crippen LogP contribution in [0.3, 0.4) is 0 Å². The van der Waals surface area contributed by atoms with E-state index in [1.807, 2.05) is 0 Å². The van der Waals surface area contributed by atoms with Gasteiger partial charge < -0.3 is 15.4 Å². The Morgan fingerprint density at radius 3 is 2.81 bits per heavy atom. The summed E-state index contributed by atoms with van der Waals surface area (Å²) in [6, 6.07) is 9.08. The second-order valence-electron chi connectivity index (χ2n) is 6.05. The minimum Gasteiger partial charge on any atom is -0.465 e. The van der Waals surface area contributed by atoms with E-state index in [2.05, 4.69) is 15.0 Å². The number of carboxylic acid groups (broad SMARTS) is 1. The second-order valence-corrected chi connectivity index (χ2v) is 7.82. The van der Waals surface area contributed by atoms with Gasteiger partial charge in [-0.25, -0.2) is 13.9 Å². The first-order valence-corrected chi connectivity index (χ1v) is 9.33. The number of fused-ring (bicyclic) bond motifs is 2. The summed E-state index contributed by atoms with van der Waals surface area (Å²) in [6.07, 6.45) is 0.572. The molecule has 1 aliphatic rings. The maximum Gasteiger partial charge on any atom is 0.404 e. The van der Waals surface area contributed by atoms with Gasteiger partial charge in [0, 0.05) is 29.2 Å². The first-order valence-electron chi connectivity index (χ1n) is 7.78. The molecule has 1 atom stereocenters. The Kier molecular flexibility index (Phi) is 3.88. The van der Waals surface area contributed by atoms with Crippen LogP contribution in [0.25, 0.3) is 22.0 Å². The number of hydrogen-bond acceptors (Lipinski definition) is 4. The lowest BCUT2D eigenvalue weighted by molar-refractivity contribution is 0.193. The normalized spacial score (nSPS) is 19.3. The predicted molar refractivity (Wildman–Crippen MR) is 96.7 cm³/mol. The van der Waals surface area contributed by atoms with Crippen molar-refractivity contribution in [2.45, 2.75) is 10.9 Å². The van der Waals surface area contributed by atoms with E-state index in [1.54, 1.807) is 30.5 Å². The average Bonchev–Trinajstić information content (AvgIpc) is 3.11. The molecule has 1 aliphatic heterocycles. The first kappa shape index (κ1) is 16.9. The largest absolute Gasteiger partial charge is 0.465 e. The van der Waals surface area contributed by atoms with Crippen LogP contribution < -0.4 is 10.0 Å². The van der Waals surface area contributed by atoms with Crippen molar-refractivity contribution in [1.82, 2.24) is 15.0 Å². The number of carbonyl (C=O) groups is 1. The van der Waals surface area contributed by atoms with E-state index < -0.39 is 22.9 Å². The predicted octanol–water partition coefficient (Wildman–Crippen LogP) is 3.91. The van der Waals surface area contributed by atoms with E-state index >= 15 is 0 Å². The molecule has 0 aliphatic carbocycles. The highest BCUT2D eigenvalue weighted by Crippen LogP contribution is 2.55. The van der Waals surface area contributed by atoms with Gasteiger partial charge in [-0.1, -0.05) is 6.07 Å². The number of amides is 1. The molecule has 0 saturated heterocycles. The summed E-state index contributed by atoms with van der Waals surface area (Å²) in [5.74, 6) is -0.335. The van der Waals surface area contributed by atoms with Gasteiger partial charge in [-0.2, -0.15) is 0 Å². The van der Waals surface area contributed by atoms with Crippen LogP contribution in [0.15, 0.2) is 47.5 Å². The lowest BCUT2D eigenvalue weighted by atomic mass is 9.99. The van der Waals surface area contributed by atoms with E-state index in [4.69, 9.17) is 5.11 Å². The fourth-order valence-electron chi connectivity index (χ4n) is 3.25. The molecule has 7 nitrogen and oxygen atoms in total. The van der Waals surface area contributed by atoms with Gasteiger partial charge in [0.2, 0.25) is 0 Å². The summed E-state index contributed by atoms with van der Waals surface area (Å²) < 4.78 is 36.5. The Morgan fingerprint density at radius 1 is 1.23 bits per heavy atom. The highest BCUT2D eigenvalue weighted by atomic mass is 32.3. The van der Waals surface area contributed by atoms with Gasteiger partial charge in [-0.3, -0.25) is 9.11 Å². The molecule has 136 valence electrons. The van der Waals surface area contributed by atoms with E-state index in [9.17, 15) is 18.3 Å². The topological polar surface area (TPSA) is 118 Å². The standard InChI is InChI=1S/C17H16FN3O4S/c18-10-2-3-11-13(7-19-14(11)6-10)9-1-4-16-12(5-9)15(8-20-17(22)23)21-26(16,24)25/h1-7,15,19-21,24-25H,8H2,(H,22,23). The Labute approximate surface area is 149 Å². The summed E-state index contributed by atoms with van der Waals surface area (Å²) in [7, 11) is -3.18. The Hall–Kier alpha value is -2.59. The molecule has 1 unspecified atom stereocenters. The van der Waals surface area contributed by atoms with Crippen LogP contribution >= 0.6 is 10.8 Å². The van der Waals surface area contributed by atoms with Gasteiger partial charge in [0.15, 0.2) is 0 Å². The minimum absolute atomic E-state index is 0.000747. The number of aromatic amines is 1. The minimum atomic E-state index is -3.18. The van der Waals surface area contributed by atoms with Gasteiger partial charge in [0.05, 0.1) is 10.9 Å². The molecule has 0 bridgehead atoms. The SMILES string of the molecule is O=C(O)NCC1NS(O)(O)c2ccc(-c3c[nH]c4cc(F)ccc34)cc21. The fourth-order valence-corrected chi connectivity index (χ4v) is 4.77. The molecule has 26 heavy (non-hydrogen) atoms. The number of halogens is 1. The number of H-pyrrole nitrogens is 1. The van der Waals surface area contributed by atoms with E-state index in [-0.39, 0.29) is 12.4 Å². The van der Waals surface area contributed by atoms with Crippen LogP contribution in [0, 0.1) is 5.82 Å². The molecule has 0 spiro atoms. The summed E-state index contributed by atoms with van der Waals surface area (Å²) in [5, 5.41) is 11.9. The zero-order chi connectivity index (χ0) is 18.5. The lowest BCUT2D eigenvalue weighted by Gasteiger charge is -2.28. The average molecular weight is 377 g/mol. The van der Waals surface area contributed by atoms with Gasteiger partial charge in [0.25, 0.3) is 0 Å². The molecular formula is C17H16FN3O4S. The number of benzene rings is 2. The van der Waals surface area contributed by atoms with E-state index in [0.717, 1.165) is 16.5 Å². The summed E-state index contributed by atoms with van der Waals surface area (Å²) in [4.78, 5) is 14.1. The molecule has 2 aromatic carbocycles. The molecule has 0 saturated carbocycles. The maximum absolute atomic E-state index is 13.4. The molecular weight excluding hydrogens is 361 g/mol. The van der Waals surface area contributed by atoms with Gasteiger partial charge in [-0.15, -0.1) is 10.8 Å². The molecule has 3 aromatic rings. The van der Waals surface area contributed by atoms with Crippen LogP contribution in [0.5, 0.6) is 0 Å². The summed E-state index contributed by atoms with van der Waals surface area (Å²) in [6.45, 7) is 0.000747. The van der Waals surface area contributed by atoms with Crippen molar-refractivity contribution in [3.63, 3.8) is 0 Å².